The van der Waals surface area contributed by atoms with Crippen molar-refractivity contribution in [2.24, 2.45) is 11.8 Å². The lowest BCUT2D eigenvalue weighted by Crippen LogP contribution is -2.40. The maximum Gasteiger partial charge on any atom is 0.0107 e. The van der Waals surface area contributed by atoms with E-state index in [0.29, 0.717) is 0 Å². The summed E-state index contributed by atoms with van der Waals surface area (Å²) in [4.78, 5) is 2.47. The lowest BCUT2D eigenvalue weighted by molar-refractivity contribution is 0.241. The minimum absolute atomic E-state index is 0.724. The molecule has 0 saturated heterocycles. The van der Waals surface area contributed by atoms with Crippen molar-refractivity contribution in [1.29, 1.82) is 0 Å². The van der Waals surface area contributed by atoms with Crippen LogP contribution in [0.25, 0.3) is 0 Å². The van der Waals surface area contributed by atoms with Crippen molar-refractivity contribution in [2.45, 2.75) is 58.0 Å². The molecule has 0 heterocycles. The van der Waals surface area contributed by atoms with Crippen LogP contribution < -0.4 is 5.32 Å². The van der Waals surface area contributed by atoms with Gasteiger partial charge in [-0.15, -0.1) is 0 Å². The van der Waals surface area contributed by atoms with Crippen molar-refractivity contribution in [2.75, 3.05) is 20.1 Å². The normalized spacial score (nSPS) is 34.9. The number of hydrogen-bond acceptors (Lipinski definition) is 2. The summed E-state index contributed by atoms with van der Waals surface area (Å²) in [6, 6.07) is 1.57. The van der Waals surface area contributed by atoms with E-state index in [1.54, 1.807) is 0 Å². The standard InChI is InChI=1S/C14H28N2/c1-4-11(2)16(3)8-7-15-14-10-12-5-6-13(14)9-12/h11-15H,4-10H2,1-3H3. The summed E-state index contributed by atoms with van der Waals surface area (Å²) >= 11 is 0. The molecule has 2 fully saturated rings. The first kappa shape index (κ1) is 12.4. The second kappa shape index (κ2) is 5.50. The van der Waals surface area contributed by atoms with Gasteiger partial charge in [-0.25, -0.2) is 0 Å². The van der Waals surface area contributed by atoms with Gasteiger partial charge in [-0.3, -0.25) is 0 Å². The van der Waals surface area contributed by atoms with E-state index in [-0.39, 0.29) is 0 Å². The second-order valence-corrected chi connectivity index (χ2v) is 5.97. The molecule has 2 saturated carbocycles. The van der Waals surface area contributed by atoms with Gasteiger partial charge in [-0.1, -0.05) is 13.3 Å². The maximum absolute atomic E-state index is 3.78. The zero-order chi connectivity index (χ0) is 11.5. The Morgan fingerprint density at radius 2 is 2.12 bits per heavy atom. The fourth-order valence-corrected chi connectivity index (χ4v) is 3.45. The van der Waals surface area contributed by atoms with Gasteiger partial charge in [0.2, 0.25) is 0 Å². The number of likely N-dealkylation sites (N-methyl/N-ethyl adjacent to an activating group) is 1. The average molecular weight is 224 g/mol. The highest BCUT2D eigenvalue weighted by molar-refractivity contribution is 4.94. The van der Waals surface area contributed by atoms with Gasteiger partial charge in [0.1, 0.15) is 0 Å². The van der Waals surface area contributed by atoms with Crippen molar-refractivity contribution in [3.63, 3.8) is 0 Å². The number of nitrogens with zero attached hydrogens (tertiary/aromatic N) is 1. The third kappa shape index (κ3) is 2.78. The largest absolute Gasteiger partial charge is 0.312 e. The van der Waals surface area contributed by atoms with Crippen molar-refractivity contribution < 1.29 is 0 Å². The zero-order valence-corrected chi connectivity index (χ0v) is 11.2. The van der Waals surface area contributed by atoms with Crippen LogP contribution in [0.2, 0.25) is 0 Å². The molecule has 2 heteroatoms. The van der Waals surface area contributed by atoms with Crippen molar-refractivity contribution in [3.05, 3.63) is 0 Å². The Morgan fingerprint density at radius 1 is 1.31 bits per heavy atom. The number of nitrogens with one attached hydrogen (secondary N) is 1. The highest BCUT2D eigenvalue weighted by Crippen LogP contribution is 2.44. The van der Waals surface area contributed by atoms with E-state index >= 15 is 0 Å². The summed E-state index contributed by atoms with van der Waals surface area (Å²) in [6.45, 7) is 6.96. The smallest absolute Gasteiger partial charge is 0.0107 e. The number of hydrogen-bond donors (Lipinski definition) is 1. The SMILES string of the molecule is CCC(C)N(C)CCNC1CC2CCC1C2. The lowest BCUT2D eigenvalue weighted by Gasteiger charge is -2.27. The van der Waals surface area contributed by atoms with E-state index in [9.17, 15) is 0 Å². The lowest BCUT2D eigenvalue weighted by atomic mass is 9.95. The molecule has 94 valence electrons. The Balaban J connectivity index is 1.61. The van der Waals surface area contributed by atoms with Gasteiger partial charge in [-0.05, 0) is 51.5 Å². The van der Waals surface area contributed by atoms with Crippen LogP contribution in [-0.4, -0.2) is 37.1 Å². The van der Waals surface area contributed by atoms with Crippen LogP contribution in [0.4, 0.5) is 0 Å². The monoisotopic (exact) mass is 224 g/mol. The van der Waals surface area contributed by atoms with E-state index in [1.807, 2.05) is 0 Å². The molecular weight excluding hydrogens is 196 g/mol. The molecule has 2 bridgehead atoms. The molecule has 2 aliphatic rings. The summed E-state index contributed by atoms with van der Waals surface area (Å²) in [5, 5.41) is 3.78. The van der Waals surface area contributed by atoms with Gasteiger partial charge < -0.3 is 10.2 Å². The molecule has 0 aromatic heterocycles. The summed E-state index contributed by atoms with van der Waals surface area (Å²) < 4.78 is 0. The molecule has 0 aromatic carbocycles. The molecule has 0 aromatic rings. The number of fused-ring (bicyclic) bond motifs is 2. The van der Waals surface area contributed by atoms with Crippen LogP contribution in [0.15, 0.2) is 0 Å². The molecule has 4 unspecified atom stereocenters. The van der Waals surface area contributed by atoms with Gasteiger partial charge in [0.25, 0.3) is 0 Å². The average Bonchev–Trinajstić information content (AvgIpc) is 2.89. The molecule has 0 spiro atoms. The van der Waals surface area contributed by atoms with Gasteiger partial charge in [0, 0.05) is 25.2 Å². The van der Waals surface area contributed by atoms with Crippen molar-refractivity contribution in [3.8, 4) is 0 Å². The summed E-state index contributed by atoms with van der Waals surface area (Å²) in [5.74, 6) is 2.08. The highest BCUT2D eigenvalue weighted by atomic mass is 15.1. The Labute approximate surface area is 101 Å². The molecule has 2 nitrogen and oxygen atoms in total. The Hall–Kier alpha value is -0.0800. The third-order valence-corrected chi connectivity index (χ3v) is 4.95. The molecule has 16 heavy (non-hydrogen) atoms. The predicted molar refractivity (Wildman–Crippen MR) is 69.6 cm³/mol. The highest BCUT2D eigenvalue weighted by Gasteiger charge is 2.38. The fourth-order valence-electron chi connectivity index (χ4n) is 3.45. The van der Waals surface area contributed by atoms with Crippen LogP contribution >= 0.6 is 0 Å². The Bertz CT molecular complexity index is 217. The van der Waals surface area contributed by atoms with Crippen molar-refractivity contribution in [1.82, 2.24) is 10.2 Å². The first-order chi connectivity index (χ1) is 7.70. The zero-order valence-electron chi connectivity index (χ0n) is 11.2. The minimum atomic E-state index is 0.724. The van der Waals surface area contributed by atoms with Gasteiger partial charge in [0.05, 0.1) is 0 Å². The van der Waals surface area contributed by atoms with Gasteiger partial charge in [0.15, 0.2) is 0 Å². The molecule has 0 radical (unpaired) electrons. The molecule has 0 amide bonds. The van der Waals surface area contributed by atoms with E-state index in [1.165, 1.54) is 45.2 Å². The van der Waals surface area contributed by atoms with Crippen LogP contribution in [-0.2, 0) is 0 Å². The number of rotatable bonds is 6. The molecule has 1 N–H and O–H groups in total. The topological polar surface area (TPSA) is 15.3 Å². The van der Waals surface area contributed by atoms with Gasteiger partial charge in [-0.2, -0.15) is 0 Å². The van der Waals surface area contributed by atoms with Crippen LogP contribution in [0.3, 0.4) is 0 Å². The minimum Gasteiger partial charge on any atom is -0.312 e. The summed E-state index contributed by atoms with van der Waals surface area (Å²) in [6.07, 6.45) is 7.22. The third-order valence-electron chi connectivity index (χ3n) is 4.95. The maximum atomic E-state index is 3.78. The quantitative estimate of drug-likeness (QED) is 0.746. The summed E-state index contributed by atoms with van der Waals surface area (Å²) in [7, 11) is 2.25. The predicted octanol–water partition coefficient (Wildman–Crippen LogP) is 2.49. The van der Waals surface area contributed by atoms with E-state index < -0.39 is 0 Å². The van der Waals surface area contributed by atoms with Gasteiger partial charge >= 0.3 is 0 Å². The van der Waals surface area contributed by atoms with E-state index in [0.717, 1.165) is 23.9 Å². The Morgan fingerprint density at radius 3 is 2.69 bits per heavy atom. The van der Waals surface area contributed by atoms with Crippen molar-refractivity contribution >= 4 is 0 Å². The summed E-state index contributed by atoms with van der Waals surface area (Å²) in [5.41, 5.74) is 0. The molecule has 0 aliphatic heterocycles. The van der Waals surface area contributed by atoms with Crippen LogP contribution in [0.5, 0.6) is 0 Å². The fraction of sp³-hybridized carbons (Fsp3) is 1.00. The van der Waals surface area contributed by atoms with Crippen LogP contribution in [0.1, 0.15) is 46.0 Å². The molecule has 4 atom stereocenters. The van der Waals surface area contributed by atoms with Crippen LogP contribution in [0, 0.1) is 11.8 Å². The Kier molecular flexibility index (Phi) is 4.26. The molecule has 2 aliphatic carbocycles. The molecular formula is C14H28N2. The first-order valence-corrected chi connectivity index (χ1v) is 7.14. The second-order valence-electron chi connectivity index (χ2n) is 5.97. The molecule has 2 rings (SSSR count). The van der Waals surface area contributed by atoms with E-state index in [4.69, 9.17) is 0 Å². The first-order valence-electron chi connectivity index (χ1n) is 7.14. The van der Waals surface area contributed by atoms with E-state index in [2.05, 4.69) is 31.1 Å².